The van der Waals surface area contributed by atoms with Crippen LogP contribution in [0.5, 0.6) is 5.75 Å². The topological polar surface area (TPSA) is 29.5 Å². The van der Waals surface area contributed by atoms with Crippen LogP contribution in [0.4, 0.5) is 13.2 Å². The molecule has 118 valence electrons. The number of aliphatic hydroxyl groups is 1. The van der Waals surface area contributed by atoms with Gasteiger partial charge < -0.3 is 9.84 Å². The lowest BCUT2D eigenvalue weighted by Crippen LogP contribution is -2.31. The zero-order valence-corrected chi connectivity index (χ0v) is 12.4. The highest BCUT2D eigenvalue weighted by atomic mass is 35.5. The first-order chi connectivity index (χ1) is 9.82. The number of halogens is 4. The Labute approximate surface area is 126 Å². The number of alkyl halides is 3. The minimum absolute atomic E-state index is 0.0321. The molecule has 2 nitrogen and oxygen atoms in total. The van der Waals surface area contributed by atoms with E-state index < -0.39 is 24.1 Å². The minimum atomic E-state index is -4.18. The third-order valence-corrected chi connectivity index (χ3v) is 4.45. The third kappa shape index (κ3) is 3.83. The van der Waals surface area contributed by atoms with Crippen molar-refractivity contribution in [2.24, 2.45) is 11.8 Å². The van der Waals surface area contributed by atoms with Crippen LogP contribution in [-0.2, 0) is 0 Å². The van der Waals surface area contributed by atoms with Crippen LogP contribution in [0.3, 0.4) is 0 Å². The summed E-state index contributed by atoms with van der Waals surface area (Å²) in [5.74, 6) is -1.30. The Balaban J connectivity index is 2.14. The first kappa shape index (κ1) is 16.4. The Morgan fingerprint density at radius 1 is 1.33 bits per heavy atom. The quantitative estimate of drug-likeness (QED) is 0.870. The van der Waals surface area contributed by atoms with Crippen molar-refractivity contribution in [3.8, 4) is 5.75 Å². The molecule has 1 aliphatic carbocycles. The predicted octanol–water partition coefficient (Wildman–Crippen LogP) is 4.75. The fraction of sp³-hybridized carbons (Fsp3) is 0.600. The second-order valence-electron chi connectivity index (χ2n) is 5.50. The van der Waals surface area contributed by atoms with Crippen molar-refractivity contribution in [3.63, 3.8) is 0 Å². The van der Waals surface area contributed by atoms with Gasteiger partial charge in [0.05, 0.1) is 24.2 Å². The summed E-state index contributed by atoms with van der Waals surface area (Å²) in [6.07, 6.45) is -3.92. The molecule has 3 unspecified atom stereocenters. The first-order valence-corrected chi connectivity index (χ1v) is 7.29. The average Bonchev–Trinajstić information content (AvgIpc) is 2.46. The summed E-state index contributed by atoms with van der Waals surface area (Å²) in [5.41, 5.74) is 0.545. The third-order valence-electron chi connectivity index (χ3n) is 4.14. The zero-order valence-electron chi connectivity index (χ0n) is 11.7. The lowest BCUT2D eigenvalue weighted by atomic mass is 9.77. The monoisotopic (exact) mass is 322 g/mol. The van der Waals surface area contributed by atoms with E-state index in [0.29, 0.717) is 29.2 Å². The molecule has 0 aliphatic heterocycles. The van der Waals surface area contributed by atoms with Crippen molar-refractivity contribution in [3.05, 3.63) is 28.8 Å². The number of rotatable bonds is 3. The highest BCUT2D eigenvalue weighted by Gasteiger charge is 2.43. The van der Waals surface area contributed by atoms with E-state index in [9.17, 15) is 18.3 Å². The second-order valence-corrected chi connectivity index (χ2v) is 5.91. The fourth-order valence-corrected chi connectivity index (χ4v) is 3.14. The van der Waals surface area contributed by atoms with Gasteiger partial charge in [-0.05, 0) is 42.9 Å². The van der Waals surface area contributed by atoms with Gasteiger partial charge >= 0.3 is 6.18 Å². The van der Waals surface area contributed by atoms with Crippen LogP contribution >= 0.6 is 11.6 Å². The summed E-state index contributed by atoms with van der Waals surface area (Å²) in [6, 6.07) is 4.81. The van der Waals surface area contributed by atoms with Gasteiger partial charge in [0.2, 0.25) is 0 Å². The molecule has 1 aromatic rings. The van der Waals surface area contributed by atoms with E-state index in [-0.39, 0.29) is 12.8 Å². The van der Waals surface area contributed by atoms with E-state index in [1.54, 1.807) is 18.2 Å². The van der Waals surface area contributed by atoms with Gasteiger partial charge in [-0.1, -0.05) is 24.1 Å². The highest BCUT2D eigenvalue weighted by molar-refractivity contribution is 6.32. The van der Waals surface area contributed by atoms with Crippen LogP contribution in [0.15, 0.2) is 18.2 Å². The van der Waals surface area contributed by atoms with Gasteiger partial charge in [0.15, 0.2) is 0 Å². The molecule has 0 aromatic heterocycles. The highest BCUT2D eigenvalue weighted by Crippen LogP contribution is 2.44. The summed E-state index contributed by atoms with van der Waals surface area (Å²) < 4.78 is 43.6. The second kappa shape index (κ2) is 6.44. The van der Waals surface area contributed by atoms with E-state index in [1.807, 2.05) is 0 Å². The Morgan fingerprint density at radius 3 is 2.67 bits per heavy atom. The smallest absolute Gasteiger partial charge is 0.391 e. The fourth-order valence-electron chi connectivity index (χ4n) is 2.94. The molecule has 2 rings (SSSR count). The van der Waals surface area contributed by atoms with E-state index in [4.69, 9.17) is 16.3 Å². The van der Waals surface area contributed by atoms with Crippen LogP contribution in [-0.4, -0.2) is 18.4 Å². The van der Waals surface area contributed by atoms with E-state index >= 15 is 0 Å². The predicted molar refractivity (Wildman–Crippen MR) is 74.5 cm³/mol. The van der Waals surface area contributed by atoms with Crippen LogP contribution in [0, 0.1) is 11.8 Å². The lowest BCUT2D eigenvalue weighted by Gasteiger charge is -2.33. The molecule has 1 fully saturated rings. The molecule has 1 aromatic carbocycles. The molecular formula is C15H18ClF3O2. The minimum Gasteiger partial charge on any atom is -0.495 e. The summed E-state index contributed by atoms with van der Waals surface area (Å²) >= 11 is 5.91. The molecule has 21 heavy (non-hydrogen) atoms. The van der Waals surface area contributed by atoms with Gasteiger partial charge in [0.1, 0.15) is 5.75 Å². The molecule has 1 aliphatic rings. The van der Waals surface area contributed by atoms with Crippen LogP contribution < -0.4 is 4.74 Å². The van der Waals surface area contributed by atoms with Crippen molar-refractivity contribution in [1.29, 1.82) is 0 Å². The average molecular weight is 323 g/mol. The van der Waals surface area contributed by atoms with Crippen molar-refractivity contribution >= 4 is 11.6 Å². The van der Waals surface area contributed by atoms with Gasteiger partial charge in [-0.25, -0.2) is 0 Å². The summed E-state index contributed by atoms with van der Waals surface area (Å²) in [7, 11) is 1.46. The number of methoxy groups -OCH3 is 1. The van der Waals surface area contributed by atoms with Gasteiger partial charge in [0, 0.05) is 0 Å². The lowest BCUT2D eigenvalue weighted by molar-refractivity contribution is -0.189. The van der Waals surface area contributed by atoms with E-state index in [1.165, 1.54) is 7.11 Å². The molecular weight excluding hydrogens is 305 g/mol. The number of benzene rings is 1. The maximum Gasteiger partial charge on any atom is 0.391 e. The summed E-state index contributed by atoms with van der Waals surface area (Å²) in [6.45, 7) is 0. The molecule has 0 amide bonds. The number of hydrogen-bond acceptors (Lipinski definition) is 2. The van der Waals surface area contributed by atoms with Crippen LogP contribution in [0.1, 0.15) is 37.4 Å². The largest absolute Gasteiger partial charge is 0.495 e. The van der Waals surface area contributed by atoms with E-state index in [0.717, 1.165) is 0 Å². The number of aliphatic hydroxyl groups excluding tert-OH is 1. The van der Waals surface area contributed by atoms with Crippen molar-refractivity contribution < 1.29 is 23.0 Å². The van der Waals surface area contributed by atoms with Gasteiger partial charge in [0.25, 0.3) is 0 Å². The Bertz CT molecular complexity index is 490. The molecule has 0 heterocycles. The standard InChI is InChI=1S/C15H18ClF3O2/c1-21-13-8-10(5-6-12(13)16)14(20)9-3-2-4-11(7-9)15(17,18)19/h5-6,8-9,11,14,20H,2-4,7H2,1H3. The molecule has 0 bridgehead atoms. The van der Waals surface area contributed by atoms with E-state index in [2.05, 4.69) is 0 Å². The van der Waals surface area contributed by atoms with Gasteiger partial charge in [-0.3, -0.25) is 0 Å². The van der Waals surface area contributed by atoms with Crippen molar-refractivity contribution in [1.82, 2.24) is 0 Å². The molecule has 0 saturated heterocycles. The molecule has 1 N–H and O–H groups in total. The Kier molecular flexibility index (Phi) is 5.04. The summed E-state index contributed by atoms with van der Waals surface area (Å²) in [5, 5.41) is 10.8. The van der Waals surface area contributed by atoms with Crippen molar-refractivity contribution in [2.45, 2.75) is 38.0 Å². The normalized spacial score (nSPS) is 24.7. The van der Waals surface area contributed by atoms with Crippen molar-refractivity contribution in [2.75, 3.05) is 7.11 Å². The molecule has 6 heteroatoms. The maximum absolute atomic E-state index is 12.8. The van der Waals surface area contributed by atoms with Gasteiger partial charge in [-0.15, -0.1) is 0 Å². The zero-order chi connectivity index (χ0) is 15.6. The van der Waals surface area contributed by atoms with Crippen LogP contribution in [0.2, 0.25) is 5.02 Å². The first-order valence-electron chi connectivity index (χ1n) is 6.91. The van der Waals surface area contributed by atoms with Crippen LogP contribution in [0.25, 0.3) is 0 Å². The molecule has 3 atom stereocenters. The number of ether oxygens (including phenoxy) is 1. The Hall–Kier alpha value is -0.940. The summed E-state index contributed by atoms with van der Waals surface area (Å²) in [4.78, 5) is 0. The Morgan fingerprint density at radius 2 is 2.05 bits per heavy atom. The molecule has 0 spiro atoms. The maximum atomic E-state index is 12.8. The number of hydrogen-bond donors (Lipinski definition) is 1. The SMILES string of the molecule is COc1cc(C(O)C2CCCC(C(F)(F)F)C2)ccc1Cl. The molecule has 1 saturated carbocycles. The van der Waals surface area contributed by atoms with Gasteiger partial charge in [-0.2, -0.15) is 13.2 Å². The molecule has 0 radical (unpaired) electrons.